The Morgan fingerprint density at radius 2 is 2.00 bits per heavy atom. The molecule has 98 valence electrons. The van der Waals surface area contributed by atoms with Crippen LogP contribution < -0.4 is 5.73 Å². The van der Waals surface area contributed by atoms with Gasteiger partial charge in [0.25, 0.3) is 0 Å². The third kappa shape index (κ3) is 4.37. The molecule has 1 aromatic carbocycles. The molecular formula is C12H15BrN2O3. The minimum absolute atomic E-state index is 0.0578. The highest BCUT2D eigenvalue weighted by molar-refractivity contribution is 9.10. The quantitative estimate of drug-likeness (QED) is 0.677. The number of ether oxygens (including phenoxy) is 1. The second kappa shape index (κ2) is 6.39. The van der Waals surface area contributed by atoms with E-state index in [0.717, 1.165) is 0 Å². The lowest BCUT2D eigenvalue weighted by Crippen LogP contribution is -2.23. The molecule has 0 aromatic heterocycles. The fraction of sp³-hybridized carbons (Fsp3) is 0.333. The number of anilines is 1. The molecule has 1 rings (SSSR count). The lowest BCUT2D eigenvalue weighted by atomic mass is 10.2. The van der Waals surface area contributed by atoms with E-state index in [9.17, 15) is 9.59 Å². The standard InChI is InChI=1S/C12H15BrN2O3/c1-15(2)11(16)3-4-18-12(17)8-5-9(13)7-10(14)6-8/h5-7H,3-4,14H2,1-2H3. The van der Waals surface area contributed by atoms with Gasteiger partial charge in [-0.1, -0.05) is 15.9 Å². The van der Waals surface area contributed by atoms with Crippen molar-refractivity contribution in [1.29, 1.82) is 0 Å². The monoisotopic (exact) mass is 314 g/mol. The predicted molar refractivity (Wildman–Crippen MR) is 72.1 cm³/mol. The predicted octanol–water partition coefficient (Wildman–Crippen LogP) is 1.67. The largest absolute Gasteiger partial charge is 0.462 e. The Morgan fingerprint density at radius 3 is 2.56 bits per heavy atom. The summed E-state index contributed by atoms with van der Waals surface area (Å²) in [6.45, 7) is 0.0578. The molecular weight excluding hydrogens is 300 g/mol. The van der Waals surface area contributed by atoms with Gasteiger partial charge in [-0.2, -0.15) is 0 Å². The van der Waals surface area contributed by atoms with Crippen LogP contribution in [0.1, 0.15) is 16.8 Å². The molecule has 6 heteroatoms. The Bertz CT molecular complexity index is 440. The number of benzene rings is 1. The van der Waals surface area contributed by atoms with Crippen LogP contribution in [-0.2, 0) is 9.53 Å². The van der Waals surface area contributed by atoms with Gasteiger partial charge in [-0.25, -0.2) is 4.79 Å². The first-order valence-corrected chi connectivity index (χ1v) is 6.13. The summed E-state index contributed by atoms with van der Waals surface area (Å²) in [6.07, 6.45) is 0.169. The third-order valence-corrected chi connectivity index (χ3v) is 2.66. The zero-order valence-corrected chi connectivity index (χ0v) is 11.9. The van der Waals surface area contributed by atoms with E-state index in [1.165, 1.54) is 11.0 Å². The molecule has 18 heavy (non-hydrogen) atoms. The van der Waals surface area contributed by atoms with Crippen molar-refractivity contribution in [3.8, 4) is 0 Å². The second-order valence-electron chi connectivity index (χ2n) is 3.95. The molecule has 0 radical (unpaired) electrons. The molecule has 0 aliphatic carbocycles. The molecule has 0 fully saturated rings. The van der Waals surface area contributed by atoms with Crippen molar-refractivity contribution in [3.63, 3.8) is 0 Å². The van der Waals surface area contributed by atoms with Crippen molar-refractivity contribution in [2.24, 2.45) is 0 Å². The number of nitrogens with two attached hydrogens (primary N) is 1. The molecule has 2 N–H and O–H groups in total. The van der Waals surface area contributed by atoms with E-state index in [2.05, 4.69) is 15.9 Å². The average molecular weight is 315 g/mol. The highest BCUT2D eigenvalue weighted by Crippen LogP contribution is 2.17. The van der Waals surface area contributed by atoms with Gasteiger partial charge in [0, 0.05) is 24.3 Å². The number of halogens is 1. The van der Waals surface area contributed by atoms with Gasteiger partial charge in [-0.15, -0.1) is 0 Å². The summed E-state index contributed by atoms with van der Waals surface area (Å²) in [5.41, 5.74) is 6.45. The molecule has 0 spiro atoms. The Kier molecular flexibility index (Phi) is 5.15. The molecule has 1 amide bonds. The number of hydrogen-bond acceptors (Lipinski definition) is 4. The SMILES string of the molecule is CN(C)C(=O)CCOC(=O)c1cc(N)cc(Br)c1. The van der Waals surface area contributed by atoms with Crippen molar-refractivity contribution in [1.82, 2.24) is 4.90 Å². The number of amides is 1. The molecule has 0 atom stereocenters. The van der Waals surface area contributed by atoms with Crippen LogP contribution in [0.4, 0.5) is 5.69 Å². The molecule has 0 heterocycles. The Hall–Kier alpha value is -1.56. The molecule has 0 aliphatic heterocycles. The number of carbonyl (C=O) groups excluding carboxylic acids is 2. The number of carbonyl (C=O) groups is 2. The first kappa shape index (κ1) is 14.5. The van der Waals surface area contributed by atoms with Gasteiger partial charge < -0.3 is 15.4 Å². The van der Waals surface area contributed by atoms with Crippen molar-refractivity contribution in [2.45, 2.75) is 6.42 Å². The maximum absolute atomic E-state index is 11.7. The van der Waals surface area contributed by atoms with Gasteiger partial charge in [0.05, 0.1) is 12.0 Å². The van der Waals surface area contributed by atoms with Gasteiger partial charge in [0.2, 0.25) is 5.91 Å². The normalized spacial score (nSPS) is 9.94. The van der Waals surface area contributed by atoms with Crippen LogP contribution in [0, 0.1) is 0 Å². The second-order valence-corrected chi connectivity index (χ2v) is 4.86. The van der Waals surface area contributed by atoms with Crippen molar-refractivity contribution >= 4 is 33.5 Å². The maximum atomic E-state index is 11.7. The number of nitrogen functional groups attached to an aromatic ring is 1. The molecule has 0 unspecified atom stereocenters. The first-order chi connectivity index (χ1) is 8.40. The Labute approximate surface area is 114 Å². The Morgan fingerprint density at radius 1 is 1.33 bits per heavy atom. The number of rotatable bonds is 4. The molecule has 1 aromatic rings. The number of esters is 1. The Balaban J connectivity index is 2.53. The van der Waals surface area contributed by atoms with E-state index in [0.29, 0.717) is 15.7 Å². The molecule has 0 saturated carbocycles. The summed E-state index contributed by atoms with van der Waals surface area (Å²) < 4.78 is 5.70. The summed E-state index contributed by atoms with van der Waals surface area (Å²) in [5.74, 6) is -0.578. The maximum Gasteiger partial charge on any atom is 0.338 e. The summed E-state index contributed by atoms with van der Waals surface area (Å²) in [4.78, 5) is 24.4. The fourth-order valence-electron chi connectivity index (χ4n) is 1.27. The van der Waals surface area contributed by atoms with Crippen LogP contribution in [-0.4, -0.2) is 37.5 Å². The van der Waals surface area contributed by atoms with Crippen LogP contribution >= 0.6 is 15.9 Å². The van der Waals surface area contributed by atoms with E-state index in [4.69, 9.17) is 10.5 Å². The fourth-order valence-corrected chi connectivity index (χ4v) is 1.78. The zero-order valence-electron chi connectivity index (χ0n) is 10.3. The van der Waals surface area contributed by atoms with Gasteiger partial charge in [-0.3, -0.25) is 4.79 Å². The minimum atomic E-state index is -0.491. The van der Waals surface area contributed by atoms with Crippen molar-refractivity contribution < 1.29 is 14.3 Å². The molecule has 5 nitrogen and oxygen atoms in total. The topological polar surface area (TPSA) is 72.6 Å². The van der Waals surface area contributed by atoms with E-state index in [-0.39, 0.29) is 18.9 Å². The van der Waals surface area contributed by atoms with Crippen LogP contribution in [0.2, 0.25) is 0 Å². The summed E-state index contributed by atoms with van der Waals surface area (Å²) >= 11 is 3.24. The molecule has 0 bridgehead atoms. The summed E-state index contributed by atoms with van der Waals surface area (Å²) in [7, 11) is 3.30. The smallest absolute Gasteiger partial charge is 0.338 e. The van der Waals surface area contributed by atoms with E-state index >= 15 is 0 Å². The van der Waals surface area contributed by atoms with Crippen molar-refractivity contribution in [2.75, 3.05) is 26.4 Å². The van der Waals surface area contributed by atoms with Crippen LogP contribution in [0.3, 0.4) is 0 Å². The van der Waals surface area contributed by atoms with Crippen LogP contribution in [0.5, 0.6) is 0 Å². The highest BCUT2D eigenvalue weighted by Gasteiger charge is 2.10. The van der Waals surface area contributed by atoms with Gasteiger partial charge in [0.15, 0.2) is 0 Å². The third-order valence-electron chi connectivity index (χ3n) is 2.20. The van der Waals surface area contributed by atoms with Crippen molar-refractivity contribution in [3.05, 3.63) is 28.2 Å². The van der Waals surface area contributed by atoms with Gasteiger partial charge in [-0.05, 0) is 18.2 Å². The van der Waals surface area contributed by atoms with Gasteiger partial charge >= 0.3 is 5.97 Å². The average Bonchev–Trinajstić information content (AvgIpc) is 2.27. The lowest BCUT2D eigenvalue weighted by molar-refractivity contribution is -0.129. The number of nitrogens with zero attached hydrogens (tertiary/aromatic N) is 1. The lowest BCUT2D eigenvalue weighted by Gasteiger charge is -2.10. The first-order valence-electron chi connectivity index (χ1n) is 5.33. The van der Waals surface area contributed by atoms with Gasteiger partial charge in [0.1, 0.15) is 6.61 Å². The van der Waals surface area contributed by atoms with Crippen LogP contribution in [0.15, 0.2) is 22.7 Å². The van der Waals surface area contributed by atoms with E-state index in [1.807, 2.05) is 0 Å². The highest BCUT2D eigenvalue weighted by atomic mass is 79.9. The molecule has 0 saturated heterocycles. The minimum Gasteiger partial charge on any atom is -0.462 e. The summed E-state index contributed by atoms with van der Waals surface area (Å²) in [6, 6.07) is 4.83. The number of hydrogen-bond donors (Lipinski definition) is 1. The zero-order chi connectivity index (χ0) is 13.7. The van der Waals surface area contributed by atoms with E-state index < -0.39 is 5.97 Å². The van der Waals surface area contributed by atoms with Crippen LogP contribution in [0.25, 0.3) is 0 Å². The van der Waals surface area contributed by atoms with E-state index in [1.54, 1.807) is 26.2 Å². The molecule has 0 aliphatic rings. The summed E-state index contributed by atoms with van der Waals surface area (Å²) in [5, 5.41) is 0.